The normalized spacial score (nSPS) is 11.2. The van der Waals surface area contributed by atoms with Gasteiger partial charge in [0, 0.05) is 15.0 Å². The van der Waals surface area contributed by atoms with Gasteiger partial charge in [0.25, 0.3) is 0 Å². The Bertz CT molecular complexity index is 781. The Morgan fingerprint density at radius 1 is 1.15 bits per heavy atom. The van der Waals surface area contributed by atoms with Crippen molar-refractivity contribution in [1.29, 1.82) is 0 Å². The first-order valence-electron chi connectivity index (χ1n) is 5.79. The summed E-state index contributed by atoms with van der Waals surface area (Å²) in [5.74, 6) is 0.604. The minimum absolute atomic E-state index is 0.240. The van der Waals surface area contributed by atoms with Crippen molar-refractivity contribution in [3.05, 3.63) is 57.0 Å². The molecule has 0 aliphatic carbocycles. The van der Waals surface area contributed by atoms with Crippen LogP contribution in [0.2, 0.25) is 0 Å². The van der Waals surface area contributed by atoms with E-state index in [9.17, 15) is 4.39 Å². The van der Waals surface area contributed by atoms with E-state index < -0.39 is 0 Å². The van der Waals surface area contributed by atoms with E-state index in [1.54, 1.807) is 6.07 Å². The molecule has 0 saturated carbocycles. The summed E-state index contributed by atoms with van der Waals surface area (Å²) in [6, 6.07) is 10.3. The number of hydrogen-bond acceptors (Lipinski definition) is 1. The fourth-order valence-corrected chi connectivity index (χ4v) is 3.67. The van der Waals surface area contributed by atoms with Crippen LogP contribution in [0.5, 0.6) is 0 Å². The van der Waals surface area contributed by atoms with Crippen LogP contribution in [0.15, 0.2) is 45.3 Å². The number of hydrogen-bond donors (Lipinski definition) is 0. The first kappa shape index (κ1) is 14.0. The molecule has 1 heterocycles. The predicted molar refractivity (Wildman–Crippen MR) is 86.0 cm³/mol. The lowest BCUT2D eigenvalue weighted by Gasteiger charge is -2.12. The molecule has 0 saturated heterocycles. The average molecular weight is 418 g/mol. The average Bonchev–Trinajstić information content (AvgIpc) is 2.77. The van der Waals surface area contributed by atoms with Gasteiger partial charge in [-0.05, 0) is 56.1 Å². The monoisotopic (exact) mass is 416 g/mol. The molecule has 2 aromatic carbocycles. The summed E-state index contributed by atoms with van der Waals surface area (Å²) in [5, 5.41) is 0. The lowest BCUT2D eigenvalue weighted by Crippen LogP contribution is -2.01. The fraction of sp³-hybridized carbons (Fsp3) is 0.0714. The van der Waals surface area contributed by atoms with E-state index in [1.807, 2.05) is 22.8 Å². The van der Waals surface area contributed by atoms with Gasteiger partial charge >= 0.3 is 0 Å². The molecule has 0 radical (unpaired) electrons. The highest BCUT2D eigenvalue weighted by atomic mass is 79.9. The Labute approximate surface area is 136 Å². The van der Waals surface area contributed by atoms with Gasteiger partial charge in [-0.25, -0.2) is 9.37 Å². The largest absolute Gasteiger partial charge is 0.293 e. The molecule has 0 aliphatic rings. The van der Waals surface area contributed by atoms with E-state index in [-0.39, 0.29) is 11.7 Å². The molecule has 3 rings (SSSR count). The molecule has 0 unspecified atom stereocenters. The number of imidazole rings is 1. The van der Waals surface area contributed by atoms with Gasteiger partial charge in [-0.1, -0.05) is 6.07 Å². The van der Waals surface area contributed by atoms with Crippen LogP contribution in [0.3, 0.4) is 0 Å². The molecule has 0 spiro atoms. The van der Waals surface area contributed by atoms with Crippen LogP contribution < -0.4 is 0 Å². The zero-order valence-electron chi connectivity index (χ0n) is 10.1. The van der Waals surface area contributed by atoms with Gasteiger partial charge in [-0.15, -0.1) is 11.6 Å². The minimum atomic E-state index is -0.303. The molecule has 0 amide bonds. The summed E-state index contributed by atoms with van der Waals surface area (Å²) in [5.41, 5.74) is 2.26. The van der Waals surface area contributed by atoms with E-state index in [1.165, 1.54) is 12.1 Å². The Balaban J connectivity index is 2.42. The van der Waals surface area contributed by atoms with Crippen molar-refractivity contribution in [3.63, 3.8) is 0 Å². The number of aromatic nitrogens is 2. The van der Waals surface area contributed by atoms with Crippen LogP contribution in [0.1, 0.15) is 5.82 Å². The maximum absolute atomic E-state index is 13.5. The van der Waals surface area contributed by atoms with Crippen molar-refractivity contribution in [2.45, 2.75) is 5.88 Å². The molecule has 2 nitrogen and oxygen atoms in total. The highest BCUT2D eigenvalue weighted by Crippen LogP contribution is 2.33. The lowest BCUT2D eigenvalue weighted by atomic mass is 10.2. The van der Waals surface area contributed by atoms with Crippen molar-refractivity contribution < 1.29 is 4.39 Å². The van der Waals surface area contributed by atoms with Crippen LogP contribution in [0.4, 0.5) is 4.39 Å². The molecule has 6 heteroatoms. The Kier molecular flexibility index (Phi) is 3.84. The van der Waals surface area contributed by atoms with Crippen LogP contribution in [0.25, 0.3) is 16.7 Å². The van der Waals surface area contributed by atoms with Crippen molar-refractivity contribution in [3.8, 4) is 5.69 Å². The van der Waals surface area contributed by atoms with E-state index in [4.69, 9.17) is 11.6 Å². The molecular weight excluding hydrogens is 410 g/mol. The molecule has 0 fully saturated rings. The van der Waals surface area contributed by atoms with Gasteiger partial charge in [0.15, 0.2) is 0 Å². The summed E-state index contributed by atoms with van der Waals surface area (Å²) >= 11 is 13.0. The quantitative estimate of drug-likeness (QED) is 0.508. The summed E-state index contributed by atoms with van der Waals surface area (Å²) < 4.78 is 17.2. The van der Waals surface area contributed by atoms with E-state index >= 15 is 0 Å². The molecule has 3 aromatic rings. The second kappa shape index (κ2) is 5.47. The lowest BCUT2D eigenvalue weighted by molar-refractivity contribution is 0.629. The van der Waals surface area contributed by atoms with Crippen LogP contribution in [-0.4, -0.2) is 9.55 Å². The first-order chi connectivity index (χ1) is 9.61. The maximum atomic E-state index is 13.5. The zero-order chi connectivity index (χ0) is 14.3. The fourth-order valence-electron chi connectivity index (χ4n) is 2.14. The topological polar surface area (TPSA) is 17.8 Å². The number of rotatable bonds is 2. The summed E-state index contributed by atoms with van der Waals surface area (Å²) in [4.78, 5) is 4.45. The van der Waals surface area contributed by atoms with Crippen molar-refractivity contribution >= 4 is 54.5 Å². The summed E-state index contributed by atoms with van der Waals surface area (Å²) in [7, 11) is 0. The smallest absolute Gasteiger partial charge is 0.129 e. The third kappa shape index (κ3) is 2.28. The van der Waals surface area contributed by atoms with Gasteiger partial charge in [0.2, 0.25) is 0 Å². The van der Waals surface area contributed by atoms with Gasteiger partial charge in [-0.2, -0.15) is 0 Å². The number of benzene rings is 2. The second-order valence-corrected chi connectivity index (χ2v) is 6.18. The minimum Gasteiger partial charge on any atom is -0.293 e. The summed E-state index contributed by atoms with van der Waals surface area (Å²) in [6.07, 6.45) is 0. The van der Waals surface area contributed by atoms with Gasteiger partial charge in [0.1, 0.15) is 11.6 Å². The Hall–Kier alpha value is -0.910. The summed E-state index contributed by atoms with van der Waals surface area (Å²) in [6.45, 7) is 0. The standard InChI is InChI=1S/C14H8Br2ClFN2/c15-9-2-1-3-10(16)14(9)20-12-6-8(18)4-5-11(12)19-13(20)7-17/h1-6H,7H2. The highest BCUT2D eigenvalue weighted by molar-refractivity contribution is 9.11. The Morgan fingerprint density at radius 2 is 1.85 bits per heavy atom. The third-order valence-corrected chi connectivity index (χ3v) is 4.49. The van der Waals surface area contributed by atoms with Crippen molar-refractivity contribution in [2.75, 3.05) is 0 Å². The highest BCUT2D eigenvalue weighted by Gasteiger charge is 2.16. The molecule has 0 bridgehead atoms. The molecule has 102 valence electrons. The number of halogens is 4. The third-order valence-electron chi connectivity index (χ3n) is 2.97. The number of alkyl halides is 1. The molecule has 0 aliphatic heterocycles. The molecule has 0 N–H and O–H groups in total. The van der Waals surface area contributed by atoms with E-state index in [0.29, 0.717) is 16.9 Å². The molecule has 0 atom stereocenters. The van der Waals surface area contributed by atoms with Crippen LogP contribution in [-0.2, 0) is 5.88 Å². The van der Waals surface area contributed by atoms with Gasteiger partial charge in [0.05, 0.1) is 22.6 Å². The van der Waals surface area contributed by atoms with Gasteiger partial charge in [-0.3, -0.25) is 4.57 Å². The Morgan fingerprint density at radius 3 is 2.50 bits per heavy atom. The van der Waals surface area contributed by atoms with Gasteiger partial charge < -0.3 is 0 Å². The molecular formula is C14H8Br2ClFN2. The van der Waals surface area contributed by atoms with Crippen molar-refractivity contribution in [2.24, 2.45) is 0 Å². The van der Waals surface area contributed by atoms with Crippen LogP contribution in [0, 0.1) is 5.82 Å². The zero-order valence-corrected chi connectivity index (χ0v) is 14.0. The SMILES string of the molecule is Fc1ccc2nc(CCl)n(-c3c(Br)cccc3Br)c2c1. The number of nitrogens with zero attached hydrogens (tertiary/aromatic N) is 2. The van der Waals surface area contributed by atoms with E-state index in [2.05, 4.69) is 36.8 Å². The predicted octanol–water partition coefficient (Wildman–Crippen LogP) is 5.43. The first-order valence-corrected chi connectivity index (χ1v) is 7.91. The maximum Gasteiger partial charge on any atom is 0.129 e. The number of para-hydroxylation sites is 1. The van der Waals surface area contributed by atoms with Crippen molar-refractivity contribution in [1.82, 2.24) is 9.55 Å². The number of fused-ring (bicyclic) bond motifs is 1. The molecule has 20 heavy (non-hydrogen) atoms. The van der Waals surface area contributed by atoms with E-state index in [0.717, 1.165) is 14.6 Å². The second-order valence-electron chi connectivity index (χ2n) is 4.20. The molecule has 1 aromatic heterocycles. The van der Waals surface area contributed by atoms with Crippen LogP contribution >= 0.6 is 43.5 Å².